The van der Waals surface area contributed by atoms with Gasteiger partial charge in [0.2, 0.25) is 0 Å². The molecule has 0 saturated carbocycles. The van der Waals surface area contributed by atoms with Crippen LogP contribution in [0.25, 0.3) is 0 Å². The Hall–Kier alpha value is -0.570. The zero-order chi connectivity index (χ0) is 12.7. The molecule has 0 radical (unpaired) electrons. The van der Waals surface area contributed by atoms with Crippen LogP contribution in [0.5, 0.6) is 0 Å². The van der Waals surface area contributed by atoms with Gasteiger partial charge < -0.3 is 10.1 Å². The Labute approximate surface area is 109 Å². The van der Waals surface area contributed by atoms with Gasteiger partial charge in [-0.2, -0.15) is 0 Å². The molecular formula is C14H22ClNO. The Morgan fingerprint density at radius 2 is 1.82 bits per heavy atom. The van der Waals surface area contributed by atoms with Crippen LogP contribution in [0.4, 0.5) is 0 Å². The van der Waals surface area contributed by atoms with Crippen LogP contribution in [0.15, 0.2) is 24.3 Å². The molecule has 0 spiro atoms. The van der Waals surface area contributed by atoms with Gasteiger partial charge in [0.05, 0.1) is 6.61 Å². The van der Waals surface area contributed by atoms with Crippen molar-refractivity contribution in [3.05, 3.63) is 34.9 Å². The second kappa shape index (κ2) is 7.70. The molecule has 1 N–H and O–H groups in total. The summed E-state index contributed by atoms with van der Waals surface area (Å²) in [5.41, 5.74) is 1.25. The summed E-state index contributed by atoms with van der Waals surface area (Å²) >= 11 is 5.85. The van der Waals surface area contributed by atoms with Crippen LogP contribution < -0.4 is 5.32 Å². The van der Waals surface area contributed by atoms with E-state index in [1.807, 2.05) is 12.1 Å². The van der Waals surface area contributed by atoms with Crippen molar-refractivity contribution >= 4 is 11.6 Å². The van der Waals surface area contributed by atoms with Crippen LogP contribution in [0.3, 0.4) is 0 Å². The van der Waals surface area contributed by atoms with Gasteiger partial charge in [-0.05, 0) is 30.5 Å². The summed E-state index contributed by atoms with van der Waals surface area (Å²) in [5, 5.41) is 4.20. The fourth-order valence-corrected chi connectivity index (χ4v) is 1.66. The lowest BCUT2D eigenvalue weighted by Gasteiger charge is -2.14. The van der Waals surface area contributed by atoms with Gasteiger partial charge >= 0.3 is 0 Å². The van der Waals surface area contributed by atoms with Crippen LogP contribution in [-0.2, 0) is 4.74 Å². The monoisotopic (exact) mass is 255 g/mol. The topological polar surface area (TPSA) is 21.3 Å². The first-order valence-electron chi connectivity index (χ1n) is 6.16. The lowest BCUT2D eigenvalue weighted by atomic mass is 10.1. The molecule has 0 aliphatic rings. The van der Waals surface area contributed by atoms with E-state index in [-0.39, 0.29) is 0 Å². The van der Waals surface area contributed by atoms with Crippen LogP contribution in [0.2, 0.25) is 5.02 Å². The first-order valence-corrected chi connectivity index (χ1v) is 6.54. The minimum atomic E-state index is 0.329. The van der Waals surface area contributed by atoms with Crippen molar-refractivity contribution in [3.8, 4) is 0 Å². The van der Waals surface area contributed by atoms with E-state index < -0.39 is 0 Å². The third-order valence-corrected chi connectivity index (χ3v) is 2.77. The molecule has 0 heterocycles. The molecule has 1 aromatic rings. The van der Waals surface area contributed by atoms with E-state index in [0.717, 1.165) is 24.8 Å². The Balaban J connectivity index is 2.21. The van der Waals surface area contributed by atoms with Crippen molar-refractivity contribution in [1.29, 1.82) is 0 Å². The van der Waals surface area contributed by atoms with Gasteiger partial charge in [-0.1, -0.05) is 37.6 Å². The van der Waals surface area contributed by atoms with E-state index in [4.69, 9.17) is 16.3 Å². The van der Waals surface area contributed by atoms with E-state index in [2.05, 4.69) is 38.2 Å². The molecule has 0 aliphatic carbocycles. The summed E-state index contributed by atoms with van der Waals surface area (Å²) in [6, 6.07) is 8.27. The van der Waals surface area contributed by atoms with Crippen LogP contribution >= 0.6 is 11.6 Å². The molecule has 0 saturated heterocycles. The third-order valence-electron chi connectivity index (χ3n) is 2.52. The molecule has 1 atom stereocenters. The molecule has 17 heavy (non-hydrogen) atoms. The number of hydrogen-bond donors (Lipinski definition) is 1. The third kappa shape index (κ3) is 6.06. The molecule has 0 aromatic heterocycles. The number of ether oxygens (including phenoxy) is 1. The average Bonchev–Trinajstić information content (AvgIpc) is 2.29. The maximum atomic E-state index is 5.85. The molecule has 0 aliphatic heterocycles. The summed E-state index contributed by atoms with van der Waals surface area (Å²) in [6.45, 7) is 8.92. The van der Waals surface area contributed by atoms with Crippen molar-refractivity contribution in [1.82, 2.24) is 5.32 Å². The predicted molar refractivity (Wildman–Crippen MR) is 73.5 cm³/mol. The van der Waals surface area contributed by atoms with E-state index in [9.17, 15) is 0 Å². The molecule has 2 nitrogen and oxygen atoms in total. The molecule has 0 fully saturated rings. The van der Waals surface area contributed by atoms with Crippen molar-refractivity contribution in [2.45, 2.75) is 26.8 Å². The Kier molecular flexibility index (Phi) is 6.56. The molecule has 1 rings (SSSR count). The molecular weight excluding hydrogens is 234 g/mol. The standard InChI is InChI=1S/C14H22ClNO/c1-11(2)10-17-9-8-16-12(3)13-4-6-14(15)7-5-13/h4-7,11-12,16H,8-10H2,1-3H3/t12-/m0/s1. The zero-order valence-corrected chi connectivity index (χ0v) is 11.6. The van der Waals surface area contributed by atoms with Gasteiger partial charge in [0.15, 0.2) is 0 Å². The maximum absolute atomic E-state index is 5.85. The van der Waals surface area contributed by atoms with Crippen molar-refractivity contribution in [2.24, 2.45) is 5.92 Å². The van der Waals surface area contributed by atoms with E-state index in [0.29, 0.717) is 12.0 Å². The van der Waals surface area contributed by atoms with E-state index >= 15 is 0 Å². The summed E-state index contributed by atoms with van der Waals surface area (Å²) in [7, 11) is 0. The average molecular weight is 256 g/mol. The number of hydrogen-bond acceptors (Lipinski definition) is 2. The zero-order valence-electron chi connectivity index (χ0n) is 10.9. The number of halogens is 1. The van der Waals surface area contributed by atoms with Crippen molar-refractivity contribution < 1.29 is 4.74 Å². The van der Waals surface area contributed by atoms with E-state index in [1.165, 1.54) is 5.56 Å². The largest absolute Gasteiger partial charge is 0.380 e. The van der Waals surface area contributed by atoms with E-state index in [1.54, 1.807) is 0 Å². The predicted octanol–water partition coefficient (Wildman–Crippen LogP) is 3.66. The number of nitrogens with one attached hydrogen (secondary N) is 1. The Morgan fingerprint density at radius 1 is 1.18 bits per heavy atom. The molecule has 1 aromatic carbocycles. The highest BCUT2D eigenvalue weighted by Crippen LogP contribution is 2.15. The van der Waals surface area contributed by atoms with Gasteiger partial charge in [-0.15, -0.1) is 0 Å². The van der Waals surface area contributed by atoms with Crippen LogP contribution in [0, 0.1) is 5.92 Å². The van der Waals surface area contributed by atoms with Crippen molar-refractivity contribution in [2.75, 3.05) is 19.8 Å². The van der Waals surface area contributed by atoms with Crippen LogP contribution in [0.1, 0.15) is 32.4 Å². The minimum Gasteiger partial charge on any atom is -0.380 e. The number of rotatable bonds is 7. The fourth-order valence-electron chi connectivity index (χ4n) is 1.54. The molecule has 0 bridgehead atoms. The minimum absolute atomic E-state index is 0.329. The van der Waals surface area contributed by atoms with Gasteiger partial charge in [0, 0.05) is 24.2 Å². The van der Waals surface area contributed by atoms with Gasteiger partial charge in [0.1, 0.15) is 0 Å². The molecule has 3 heteroatoms. The normalized spacial score (nSPS) is 13.0. The summed E-state index contributed by atoms with van der Waals surface area (Å²) < 4.78 is 5.52. The highest BCUT2D eigenvalue weighted by molar-refractivity contribution is 6.30. The fraction of sp³-hybridized carbons (Fsp3) is 0.571. The first-order chi connectivity index (χ1) is 8.09. The smallest absolute Gasteiger partial charge is 0.0591 e. The second-order valence-electron chi connectivity index (χ2n) is 4.70. The lowest BCUT2D eigenvalue weighted by molar-refractivity contribution is 0.110. The highest BCUT2D eigenvalue weighted by atomic mass is 35.5. The summed E-state index contributed by atoms with van der Waals surface area (Å²) in [4.78, 5) is 0. The summed E-state index contributed by atoms with van der Waals surface area (Å²) in [6.07, 6.45) is 0. The van der Waals surface area contributed by atoms with Gasteiger partial charge in [0.25, 0.3) is 0 Å². The lowest BCUT2D eigenvalue weighted by Crippen LogP contribution is -2.23. The SMILES string of the molecule is CC(C)COCCN[C@@H](C)c1ccc(Cl)cc1. The number of benzene rings is 1. The molecule has 96 valence electrons. The Morgan fingerprint density at radius 3 is 2.41 bits per heavy atom. The maximum Gasteiger partial charge on any atom is 0.0591 e. The highest BCUT2D eigenvalue weighted by Gasteiger charge is 2.03. The van der Waals surface area contributed by atoms with Gasteiger partial charge in [-0.25, -0.2) is 0 Å². The Bertz CT molecular complexity index is 311. The first kappa shape index (κ1) is 14.5. The van der Waals surface area contributed by atoms with Gasteiger partial charge in [-0.3, -0.25) is 0 Å². The molecule has 0 amide bonds. The van der Waals surface area contributed by atoms with Crippen LogP contribution in [-0.4, -0.2) is 19.8 Å². The van der Waals surface area contributed by atoms with Crippen molar-refractivity contribution in [3.63, 3.8) is 0 Å². The second-order valence-corrected chi connectivity index (χ2v) is 5.13. The summed E-state index contributed by atoms with van der Waals surface area (Å²) in [5.74, 6) is 0.601. The molecule has 0 unspecified atom stereocenters. The quantitative estimate of drug-likeness (QED) is 0.751.